The van der Waals surface area contributed by atoms with Crippen LogP contribution in [0.5, 0.6) is 5.75 Å². The van der Waals surface area contributed by atoms with Crippen molar-refractivity contribution in [1.29, 1.82) is 0 Å². The molecule has 1 fully saturated rings. The molecule has 26 heavy (non-hydrogen) atoms. The van der Waals surface area contributed by atoms with Crippen LogP contribution in [0.15, 0.2) is 55.0 Å². The summed E-state index contributed by atoms with van der Waals surface area (Å²) in [6.45, 7) is 2.71. The highest BCUT2D eigenvalue weighted by atomic mass is 16.5. The Kier molecular flexibility index (Phi) is 4.45. The number of para-hydroxylation sites is 1. The Morgan fingerprint density at radius 2 is 2.15 bits per heavy atom. The summed E-state index contributed by atoms with van der Waals surface area (Å²) < 4.78 is 13.3. The van der Waals surface area contributed by atoms with E-state index in [1.54, 1.807) is 23.1 Å². The zero-order chi connectivity index (χ0) is 17.9. The predicted molar refractivity (Wildman–Crippen MR) is 95.6 cm³/mol. The minimum absolute atomic E-state index is 0.132. The summed E-state index contributed by atoms with van der Waals surface area (Å²) in [5.41, 5.74) is 2.42. The molecular formula is C19H20N4O3. The van der Waals surface area contributed by atoms with Crippen LogP contribution in [0, 0.1) is 6.92 Å². The van der Waals surface area contributed by atoms with Gasteiger partial charge in [0.05, 0.1) is 42.9 Å². The zero-order valence-electron chi connectivity index (χ0n) is 14.4. The molecule has 3 heterocycles. The molecule has 2 atom stereocenters. The molecule has 0 aliphatic carbocycles. The SMILES string of the molecule is Cc1[nH]ccc1C(=O)N[C@H]1COC[C@H]1Oc1cnn(-c2ccccc2)c1. The quantitative estimate of drug-likeness (QED) is 0.737. The number of ether oxygens (including phenoxy) is 2. The van der Waals surface area contributed by atoms with E-state index in [1.165, 1.54) is 0 Å². The number of nitrogens with one attached hydrogen (secondary N) is 2. The van der Waals surface area contributed by atoms with E-state index in [9.17, 15) is 4.79 Å². The third-order valence-electron chi connectivity index (χ3n) is 4.41. The molecule has 7 nitrogen and oxygen atoms in total. The number of carbonyl (C=O) groups excluding carboxylic acids is 1. The van der Waals surface area contributed by atoms with Gasteiger partial charge in [-0.05, 0) is 25.1 Å². The van der Waals surface area contributed by atoms with Crippen LogP contribution in [0.25, 0.3) is 5.69 Å². The third kappa shape index (κ3) is 3.34. The summed E-state index contributed by atoms with van der Waals surface area (Å²) in [5.74, 6) is 0.509. The molecular weight excluding hydrogens is 332 g/mol. The van der Waals surface area contributed by atoms with Crippen molar-refractivity contribution >= 4 is 5.91 Å². The normalized spacial score (nSPS) is 19.4. The molecule has 7 heteroatoms. The van der Waals surface area contributed by atoms with Gasteiger partial charge >= 0.3 is 0 Å². The molecule has 1 aliphatic heterocycles. The van der Waals surface area contributed by atoms with Gasteiger partial charge in [0.15, 0.2) is 5.75 Å². The Morgan fingerprint density at radius 1 is 1.31 bits per heavy atom. The fourth-order valence-corrected chi connectivity index (χ4v) is 2.99. The van der Waals surface area contributed by atoms with Gasteiger partial charge in [0.25, 0.3) is 5.91 Å². The Morgan fingerprint density at radius 3 is 2.92 bits per heavy atom. The predicted octanol–water partition coefficient (Wildman–Crippen LogP) is 2.09. The molecule has 0 radical (unpaired) electrons. The topological polar surface area (TPSA) is 81.2 Å². The van der Waals surface area contributed by atoms with Gasteiger partial charge in [0.1, 0.15) is 6.10 Å². The lowest BCUT2D eigenvalue weighted by Gasteiger charge is -2.19. The second-order valence-electron chi connectivity index (χ2n) is 6.25. The molecule has 2 aromatic heterocycles. The van der Waals surface area contributed by atoms with E-state index < -0.39 is 0 Å². The summed E-state index contributed by atoms with van der Waals surface area (Å²) in [4.78, 5) is 15.4. The number of aryl methyl sites for hydroxylation is 1. The first-order valence-corrected chi connectivity index (χ1v) is 8.50. The lowest BCUT2D eigenvalue weighted by Crippen LogP contribution is -2.45. The van der Waals surface area contributed by atoms with Crippen LogP contribution < -0.4 is 10.1 Å². The van der Waals surface area contributed by atoms with Gasteiger partial charge in [-0.15, -0.1) is 0 Å². The molecule has 0 unspecified atom stereocenters. The first-order valence-electron chi connectivity index (χ1n) is 8.50. The number of aromatic nitrogens is 3. The maximum absolute atomic E-state index is 12.4. The number of benzene rings is 1. The van der Waals surface area contributed by atoms with Crippen molar-refractivity contribution in [3.8, 4) is 11.4 Å². The largest absolute Gasteiger partial charge is 0.482 e. The molecule has 4 rings (SSSR count). The summed E-state index contributed by atoms with van der Waals surface area (Å²) in [5, 5.41) is 7.32. The van der Waals surface area contributed by atoms with Gasteiger partial charge in [0, 0.05) is 11.9 Å². The van der Waals surface area contributed by atoms with Crippen LogP contribution in [-0.2, 0) is 4.74 Å². The Labute approximate surface area is 150 Å². The number of hydrogen-bond acceptors (Lipinski definition) is 4. The maximum Gasteiger partial charge on any atom is 0.253 e. The molecule has 1 aromatic carbocycles. The van der Waals surface area contributed by atoms with E-state index in [0.29, 0.717) is 24.5 Å². The van der Waals surface area contributed by atoms with Crippen molar-refractivity contribution in [2.45, 2.75) is 19.1 Å². The van der Waals surface area contributed by atoms with Gasteiger partial charge in [-0.3, -0.25) is 4.79 Å². The van der Waals surface area contributed by atoms with E-state index >= 15 is 0 Å². The summed E-state index contributed by atoms with van der Waals surface area (Å²) in [6.07, 6.45) is 4.98. The lowest BCUT2D eigenvalue weighted by molar-refractivity contribution is 0.0903. The molecule has 1 amide bonds. The smallest absolute Gasteiger partial charge is 0.253 e. The van der Waals surface area contributed by atoms with E-state index in [4.69, 9.17) is 9.47 Å². The van der Waals surface area contributed by atoms with Crippen molar-refractivity contribution in [1.82, 2.24) is 20.1 Å². The maximum atomic E-state index is 12.4. The molecule has 3 aromatic rings. The monoisotopic (exact) mass is 352 g/mol. The summed E-state index contributed by atoms with van der Waals surface area (Å²) in [6, 6.07) is 11.4. The molecule has 1 aliphatic rings. The van der Waals surface area contributed by atoms with Crippen LogP contribution in [-0.4, -0.2) is 46.0 Å². The number of aromatic amines is 1. The second-order valence-corrected chi connectivity index (χ2v) is 6.25. The van der Waals surface area contributed by atoms with E-state index in [-0.39, 0.29) is 18.1 Å². The summed E-state index contributed by atoms with van der Waals surface area (Å²) in [7, 11) is 0. The Hall–Kier alpha value is -3.06. The van der Waals surface area contributed by atoms with Gasteiger partial charge in [0.2, 0.25) is 0 Å². The van der Waals surface area contributed by atoms with Gasteiger partial charge in [-0.2, -0.15) is 5.10 Å². The number of carbonyl (C=O) groups is 1. The third-order valence-corrected chi connectivity index (χ3v) is 4.41. The van der Waals surface area contributed by atoms with Crippen molar-refractivity contribution in [3.63, 3.8) is 0 Å². The average molecular weight is 352 g/mol. The van der Waals surface area contributed by atoms with Gasteiger partial charge in [-0.25, -0.2) is 4.68 Å². The molecule has 1 saturated heterocycles. The molecule has 0 spiro atoms. The second kappa shape index (κ2) is 7.05. The molecule has 0 saturated carbocycles. The Bertz CT molecular complexity index is 887. The van der Waals surface area contributed by atoms with Crippen molar-refractivity contribution < 1.29 is 14.3 Å². The van der Waals surface area contributed by atoms with Crippen LogP contribution >= 0.6 is 0 Å². The van der Waals surface area contributed by atoms with Crippen LogP contribution in [0.4, 0.5) is 0 Å². The molecule has 0 bridgehead atoms. The lowest BCUT2D eigenvalue weighted by atomic mass is 10.1. The van der Waals surface area contributed by atoms with Crippen LogP contribution in [0.2, 0.25) is 0 Å². The fraction of sp³-hybridized carbons (Fsp3) is 0.263. The highest BCUT2D eigenvalue weighted by molar-refractivity contribution is 5.95. The number of nitrogens with zero attached hydrogens (tertiary/aromatic N) is 2. The van der Waals surface area contributed by atoms with Crippen LogP contribution in [0.1, 0.15) is 16.1 Å². The van der Waals surface area contributed by atoms with Crippen molar-refractivity contribution in [3.05, 3.63) is 66.2 Å². The number of amides is 1. The Balaban J connectivity index is 1.42. The fourth-order valence-electron chi connectivity index (χ4n) is 2.99. The zero-order valence-corrected chi connectivity index (χ0v) is 14.4. The highest BCUT2D eigenvalue weighted by Gasteiger charge is 2.32. The minimum atomic E-state index is -0.258. The summed E-state index contributed by atoms with van der Waals surface area (Å²) >= 11 is 0. The number of rotatable bonds is 5. The average Bonchev–Trinajstić information content (AvgIpc) is 3.38. The van der Waals surface area contributed by atoms with Gasteiger partial charge in [-0.1, -0.05) is 18.2 Å². The van der Waals surface area contributed by atoms with Crippen molar-refractivity contribution in [2.24, 2.45) is 0 Å². The number of H-pyrrole nitrogens is 1. The van der Waals surface area contributed by atoms with Crippen molar-refractivity contribution in [2.75, 3.05) is 13.2 Å². The first kappa shape index (κ1) is 16.4. The highest BCUT2D eigenvalue weighted by Crippen LogP contribution is 2.19. The number of hydrogen-bond donors (Lipinski definition) is 2. The van der Waals surface area contributed by atoms with Gasteiger partial charge < -0.3 is 19.8 Å². The van der Waals surface area contributed by atoms with E-state index in [0.717, 1.165) is 11.4 Å². The molecule has 134 valence electrons. The van der Waals surface area contributed by atoms with E-state index in [2.05, 4.69) is 15.4 Å². The first-order chi connectivity index (χ1) is 12.7. The molecule has 2 N–H and O–H groups in total. The van der Waals surface area contributed by atoms with Crippen LogP contribution in [0.3, 0.4) is 0 Å². The van der Waals surface area contributed by atoms with E-state index in [1.807, 2.05) is 43.5 Å². The standard InChI is InChI=1S/C19H20N4O3/c1-13-16(7-8-20-13)19(24)22-17-11-25-12-18(17)26-15-9-21-23(10-15)14-5-3-2-4-6-14/h2-10,17-18,20H,11-12H2,1H3,(H,22,24)/t17-,18+/m0/s1. The minimum Gasteiger partial charge on any atom is -0.482 e.